The van der Waals surface area contributed by atoms with E-state index in [0.717, 1.165) is 10.2 Å². The monoisotopic (exact) mass is 308 g/mol. The van der Waals surface area contributed by atoms with E-state index in [1.807, 2.05) is 29.8 Å². The van der Waals surface area contributed by atoms with E-state index < -0.39 is 0 Å². The molecule has 0 spiro atoms. The summed E-state index contributed by atoms with van der Waals surface area (Å²) in [6.45, 7) is 0. The summed E-state index contributed by atoms with van der Waals surface area (Å²) in [7, 11) is 0. The zero-order valence-corrected chi connectivity index (χ0v) is 11.7. The standard InChI is InChI=1S/C13H13BrN2S/c14-10-8-15-6-4-12(10)16-11-2-1-3-13-9(11)5-7-17-13/h4-8,11H,1-3H2,(H,15,16). The van der Waals surface area contributed by atoms with Gasteiger partial charge in [0.05, 0.1) is 16.2 Å². The van der Waals surface area contributed by atoms with Crippen molar-refractivity contribution in [2.45, 2.75) is 25.3 Å². The number of nitrogens with one attached hydrogen (secondary N) is 1. The lowest BCUT2D eigenvalue weighted by atomic mass is 9.94. The number of fused-ring (bicyclic) bond motifs is 1. The molecule has 0 aromatic carbocycles. The maximum atomic E-state index is 4.09. The fourth-order valence-electron chi connectivity index (χ4n) is 2.32. The van der Waals surface area contributed by atoms with Crippen LogP contribution in [0.15, 0.2) is 34.4 Å². The van der Waals surface area contributed by atoms with Gasteiger partial charge in [0.2, 0.25) is 0 Å². The zero-order chi connectivity index (χ0) is 11.7. The Morgan fingerprint density at radius 3 is 3.24 bits per heavy atom. The summed E-state index contributed by atoms with van der Waals surface area (Å²) in [6.07, 6.45) is 7.37. The summed E-state index contributed by atoms with van der Waals surface area (Å²) >= 11 is 5.41. The van der Waals surface area contributed by atoms with Crippen molar-refractivity contribution in [2.24, 2.45) is 0 Å². The molecule has 0 saturated carbocycles. The smallest absolute Gasteiger partial charge is 0.0590 e. The molecule has 3 rings (SSSR count). The van der Waals surface area contributed by atoms with Crippen LogP contribution in [0.4, 0.5) is 5.69 Å². The van der Waals surface area contributed by atoms with Crippen LogP contribution in [0.1, 0.15) is 29.3 Å². The first-order valence-corrected chi connectivity index (χ1v) is 7.44. The molecular formula is C13H13BrN2S. The summed E-state index contributed by atoms with van der Waals surface area (Å²) in [4.78, 5) is 5.63. The Kier molecular flexibility index (Phi) is 3.16. The van der Waals surface area contributed by atoms with Gasteiger partial charge in [-0.05, 0) is 58.3 Å². The van der Waals surface area contributed by atoms with Crippen molar-refractivity contribution in [2.75, 3.05) is 5.32 Å². The first-order chi connectivity index (χ1) is 8.34. The molecule has 1 N–H and O–H groups in total. The second-order valence-corrected chi connectivity index (χ2v) is 6.10. The largest absolute Gasteiger partial charge is 0.377 e. The number of hydrogen-bond donors (Lipinski definition) is 1. The molecule has 17 heavy (non-hydrogen) atoms. The van der Waals surface area contributed by atoms with Crippen molar-refractivity contribution in [1.82, 2.24) is 4.98 Å². The third-order valence-electron chi connectivity index (χ3n) is 3.15. The third-order valence-corrected chi connectivity index (χ3v) is 4.78. The molecule has 2 aromatic rings. The summed E-state index contributed by atoms with van der Waals surface area (Å²) in [5.74, 6) is 0. The Balaban J connectivity index is 1.86. The van der Waals surface area contributed by atoms with Crippen LogP contribution in [-0.4, -0.2) is 4.98 Å². The quantitative estimate of drug-likeness (QED) is 0.889. The molecule has 88 valence electrons. The van der Waals surface area contributed by atoms with Crippen molar-refractivity contribution < 1.29 is 0 Å². The molecule has 4 heteroatoms. The van der Waals surface area contributed by atoms with E-state index in [2.05, 4.69) is 37.7 Å². The van der Waals surface area contributed by atoms with E-state index in [0.29, 0.717) is 6.04 Å². The van der Waals surface area contributed by atoms with Crippen LogP contribution in [0.25, 0.3) is 0 Å². The van der Waals surface area contributed by atoms with E-state index >= 15 is 0 Å². The van der Waals surface area contributed by atoms with Gasteiger partial charge in [-0.1, -0.05) is 0 Å². The molecule has 0 radical (unpaired) electrons. The van der Waals surface area contributed by atoms with Crippen LogP contribution in [0, 0.1) is 0 Å². The minimum atomic E-state index is 0.448. The molecule has 1 aliphatic carbocycles. The van der Waals surface area contributed by atoms with Gasteiger partial charge >= 0.3 is 0 Å². The van der Waals surface area contributed by atoms with E-state index in [1.54, 1.807) is 4.88 Å². The second-order valence-electron chi connectivity index (χ2n) is 4.24. The number of rotatable bonds is 2. The summed E-state index contributed by atoms with van der Waals surface area (Å²) in [5, 5.41) is 5.81. The minimum Gasteiger partial charge on any atom is -0.377 e. The number of hydrogen-bond acceptors (Lipinski definition) is 3. The number of aromatic nitrogens is 1. The first-order valence-electron chi connectivity index (χ1n) is 5.77. The highest BCUT2D eigenvalue weighted by molar-refractivity contribution is 9.10. The third kappa shape index (κ3) is 2.24. The molecule has 2 heterocycles. The fraction of sp³-hybridized carbons (Fsp3) is 0.308. The van der Waals surface area contributed by atoms with Crippen LogP contribution < -0.4 is 5.32 Å². The maximum Gasteiger partial charge on any atom is 0.0590 e. The lowest BCUT2D eigenvalue weighted by Gasteiger charge is -2.25. The highest BCUT2D eigenvalue weighted by Gasteiger charge is 2.21. The van der Waals surface area contributed by atoms with Gasteiger partial charge in [0, 0.05) is 17.3 Å². The molecule has 0 saturated heterocycles. The number of pyridine rings is 1. The van der Waals surface area contributed by atoms with E-state index in [9.17, 15) is 0 Å². The van der Waals surface area contributed by atoms with E-state index in [-0.39, 0.29) is 0 Å². The average molecular weight is 309 g/mol. The normalized spacial score (nSPS) is 18.8. The summed E-state index contributed by atoms with van der Waals surface area (Å²) in [6, 6.07) is 4.72. The van der Waals surface area contributed by atoms with Gasteiger partial charge in [0.1, 0.15) is 0 Å². The molecule has 0 bridgehead atoms. The zero-order valence-electron chi connectivity index (χ0n) is 9.32. The second kappa shape index (κ2) is 4.78. The van der Waals surface area contributed by atoms with Gasteiger partial charge in [-0.25, -0.2) is 0 Å². The van der Waals surface area contributed by atoms with Crippen molar-refractivity contribution >= 4 is 33.0 Å². The lowest BCUT2D eigenvalue weighted by molar-refractivity contribution is 0.608. The van der Waals surface area contributed by atoms with Crippen molar-refractivity contribution in [3.05, 3.63) is 44.8 Å². The van der Waals surface area contributed by atoms with Crippen LogP contribution in [0.2, 0.25) is 0 Å². The van der Waals surface area contributed by atoms with Crippen molar-refractivity contribution in [3.63, 3.8) is 0 Å². The molecule has 0 fully saturated rings. The predicted molar refractivity (Wildman–Crippen MR) is 75.6 cm³/mol. The molecule has 2 aromatic heterocycles. The summed E-state index contributed by atoms with van der Waals surface area (Å²) in [5.41, 5.74) is 2.61. The predicted octanol–water partition coefficient (Wildman–Crippen LogP) is 4.40. The molecule has 2 nitrogen and oxygen atoms in total. The molecule has 1 unspecified atom stereocenters. The fourth-order valence-corrected chi connectivity index (χ4v) is 3.67. The van der Waals surface area contributed by atoms with Crippen LogP contribution in [-0.2, 0) is 6.42 Å². The highest BCUT2D eigenvalue weighted by Crippen LogP contribution is 2.36. The van der Waals surface area contributed by atoms with Crippen molar-refractivity contribution in [1.29, 1.82) is 0 Å². The van der Waals surface area contributed by atoms with E-state index in [1.165, 1.54) is 24.8 Å². The molecular weight excluding hydrogens is 296 g/mol. The Bertz CT molecular complexity index is 524. The number of anilines is 1. The van der Waals surface area contributed by atoms with Gasteiger partial charge in [-0.15, -0.1) is 11.3 Å². The molecule has 1 aliphatic rings. The molecule has 0 amide bonds. The number of aryl methyl sites for hydroxylation is 1. The van der Waals surface area contributed by atoms with E-state index in [4.69, 9.17) is 0 Å². The average Bonchev–Trinajstić information content (AvgIpc) is 2.81. The number of halogens is 1. The molecule has 0 aliphatic heterocycles. The Hall–Kier alpha value is -0.870. The Morgan fingerprint density at radius 2 is 2.35 bits per heavy atom. The molecule has 1 atom stereocenters. The first kappa shape index (κ1) is 11.2. The minimum absolute atomic E-state index is 0.448. The topological polar surface area (TPSA) is 24.9 Å². The number of thiophene rings is 1. The van der Waals surface area contributed by atoms with Crippen LogP contribution >= 0.6 is 27.3 Å². The Morgan fingerprint density at radius 1 is 1.41 bits per heavy atom. The van der Waals surface area contributed by atoms with Gasteiger partial charge in [0.25, 0.3) is 0 Å². The van der Waals surface area contributed by atoms with Gasteiger partial charge in [0.15, 0.2) is 0 Å². The SMILES string of the molecule is Brc1cnccc1NC1CCCc2sccc21. The maximum absolute atomic E-state index is 4.09. The van der Waals surface area contributed by atoms with Gasteiger partial charge < -0.3 is 5.32 Å². The lowest BCUT2D eigenvalue weighted by Crippen LogP contribution is -2.15. The van der Waals surface area contributed by atoms with Gasteiger partial charge in [-0.3, -0.25) is 4.98 Å². The number of nitrogens with zero attached hydrogens (tertiary/aromatic N) is 1. The van der Waals surface area contributed by atoms with Crippen LogP contribution in [0.3, 0.4) is 0 Å². The van der Waals surface area contributed by atoms with Crippen molar-refractivity contribution in [3.8, 4) is 0 Å². The van der Waals surface area contributed by atoms with Gasteiger partial charge in [-0.2, -0.15) is 0 Å². The highest BCUT2D eigenvalue weighted by atomic mass is 79.9. The summed E-state index contributed by atoms with van der Waals surface area (Å²) < 4.78 is 1.03. The Labute approximate surface area is 113 Å². The van der Waals surface area contributed by atoms with Crippen LogP contribution in [0.5, 0.6) is 0 Å².